The fraction of sp³-hybridized carbons (Fsp3) is 0.0870. The molecule has 0 radical (unpaired) electrons. The van der Waals surface area contributed by atoms with E-state index in [9.17, 15) is 14.7 Å². The van der Waals surface area contributed by atoms with Gasteiger partial charge in [-0.05, 0) is 48.5 Å². The van der Waals surface area contributed by atoms with Gasteiger partial charge in [-0.2, -0.15) is 5.10 Å². The molecule has 8 heteroatoms. The Labute approximate surface area is 178 Å². The second-order valence-corrected chi connectivity index (χ2v) is 6.70. The van der Waals surface area contributed by atoms with Crippen molar-refractivity contribution in [1.82, 2.24) is 20.4 Å². The van der Waals surface area contributed by atoms with Crippen LogP contribution in [0.1, 0.15) is 20.8 Å². The highest BCUT2D eigenvalue weighted by molar-refractivity contribution is 5.95. The van der Waals surface area contributed by atoms with Crippen LogP contribution in [0.15, 0.2) is 83.5 Å². The Balaban J connectivity index is 1.43. The zero-order valence-electron chi connectivity index (χ0n) is 16.5. The Morgan fingerprint density at radius 2 is 1.61 bits per heavy atom. The van der Waals surface area contributed by atoms with E-state index in [1.165, 1.54) is 24.3 Å². The summed E-state index contributed by atoms with van der Waals surface area (Å²) in [4.78, 5) is 24.9. The molecule has 2 aromatic heterocycles. The molecule has 156 valence electrons. The number of rotatable bonds is 7. The van der Waals surface area contributed by atoms with Crippen molar-refractivity contribution < 1.29 is 19.1 Å². The Kier molecular flexibility index (Phi) is 5.79. The van der Waals surface area contributed by atoms with Crippen LogP contribution < -0.4 is 10.6 Å². The molecule has 0 saturated carbocycles. The predicted octanol–water partition coefficient (Wildman–Crippen LogP) is 3.00. The molecule has 0 fully saturated rings. The maximum absolute atomic E-state index is 12.8. The first-order valence-corrected chi connectivity index (χ1v) is 9.66. The van der Waals surface area contributed by atoms with Crippen molar-refractivity contribution in [3.63, 3.8) is 0 Å². The van der Waals surface area contributed by atoms with Crippen LogP contribution in [-0.4, -0.2) is 39.8 Å². The Hall–Kier alpha value is -4.33. The van der Waals surface area contributed by atoms with E-state index >= 15 is 0 Å². The quantitative estimate of drug-likeness (QED) is 0.401. The lowest BCUT2D eigenvalue weighted by Crippen LogP contribution is -2.35. The van der Waals surface area contributed by atoms with E-state index < -0.39 is 0 Å². The van der Waals surface area contributed by atoms with E-state index in [0.29, 0.717) is 22.7 Å². The van der Waals surface area contributed by atoms with Gasteiger partial charge in [-0.1, -0.05) is 18.2 Å². The molecule has 0 bridgehead atoms. The van der Waals surface area contributed by atoms with Crippen LogP contribution >= 0.6 is 0 Å². The fourth-order valence-corrected chi connectivity index (χ4v) is 3.01. The largest absolute Gasteiger partial charge is 0.508 e. The number of benzene rings is 2. The number of aromatic nitrogens is 2. The molecule has 0 aliphatic carbocycles. The molecule has 4 aromatic rings. The molecule has 0 aliphatic heterocycles. The van der Waals surface area contributed by atoms with Gasteiger partial charge in [0.1, 0.15) is 17.1 Å². The molecule has 3 N–H and O–H groups in total. The van der Waals surface area contributed by atoms with E-state index in [0.717, 1.165) is 5.69 Å². The van der Waals surface area contributed by atoms with E-state index in [-0.39, 0.29) is 30.7 Å². The summed E-state index contributed by atoms with van der Waals surface area (Å²) in [6.07, 6.45) is 1.55. The van der Waals surface area contributed by atoms with E-state index in [1.54, 1.807) is 29.1 Å². The van der Waals surface area contributed by atoms with Crippen molar-refractivity contribution in [1.29, 1.82) is 0 Å². The van der Waals surface area contributed by atoms with Crippen molar-refractivity contribution in [3.8, 4) is 22.9 Å². The van der Waals surface area contributed by atoms with Crippen LogP contribution in [0.25, 0.3) is 17.1 Å². The summed E-state index contributed by atoms with van der Waals surface area (Å²) in [5.41, 5.74) is 2.06. The Bertz CT molecular complexity index is 1170. The number of aromatic hydroxyl groups is 1. The van der Waals surface area contributed by atoms with E-state index in [1.807, 2.05) is 30.3 Å². The molecule has 4 rings (SSSR count). The second kappa shape index (κ2) is 9.00. The monoisotopic (exact) mass is 416 g/mol. The topological polar surface area (TPSA) is 109 Å². The number of carbonyl (C=O) groups is 2. The van der Waals surface area contributed by atoms with Crippen LogP contribution in [0, 0.1) is 0 Å². The molecular weight excluding hydrogens is 396 g/mol. The smallest absolute Gasteiger partial charge is 0.270 e. The highest BCUT2D eigenvalue weighted by atomic mass is 16.3. The van der Waals surface area contributed by atoms with Gasteiger partial charge in [0, 0.05) is 24.7 Å². The number of nitrogens with zero attached hydrogens (tertiary/aromatic N) is 2. The predicted molar refractivity (Wildman–Crippen MR) is 114 cm³/mol. The minimum Gasteiger partial charge on any atom is -0.508 e. The molecule has 31 heavy (non-hydrogen) atoms. The summed E-state index contributed by atoms with van der Waals surface area (Å²) in [5, 5.41) is 19.3. The summed E-state index contributed by atoms with van der Waals surface area (Å²) in [6, 6.07) is 20.5. The van der Waals surface area contributed by atoms with Gasteiger partial charge in [-0.15, -0.1) is 0 Å². The lowest BCUT2D eigenvalue weighted by atomic mass is 10.2. The summed E-state index contributed by atoms with van der Waals surface area (Å²) in [7, 11) is 0. The zero-order valence-corrected chi connectivity index (χ0v) is 16.5. The number of furan rings is 1. The normalized spacial score (nSPS) is 10.6. The summed E-state index contributed by atoms with van der Waals surface area (Å²) < 4.78 is 6.96. The van der Waals surface area contributed by atoms with Crippen molar-refractivity contribution >= 4 is 11.8 Å². The third kappa shape index (κ3) is 4.64. The lowest BCUT2D eigenvalue weighted by Gasteiger charge is -2.09. The van der Waals surface area contributed by atoms with Gasteiger partial charge in [0.05, 0.1) is 12.0 Å². The molecule has 2 heterocycles. The van der Waals surface area contributed by atoms with Crippen LogP contribution in [0.5, 0.6) is 5.75 Å². The number of carbonyl (C=O) groups excluding carboxylic acids is 2. The number of nitrogens with one attached hydrogen (secondary N) is 2. The molecular formula is C23H20N4O4. The summed E-state index contributed by atoms with van der Waals surface area (Å²) >= 11 is 0. The van der Waals surface area contributed by atoms with Gasteiger partial charge in [-0.3, -0.25) is 9.59 Å². The third-order valence-electron chi connectivity index (χ3n) is 4.54. The molecule has 8 nitrogen and oxygen atoms in total. The van der Waals surface area contributed by atoms with Crippen molar-refractivity contribution in [3.05, 3.63) is 90.3 Å². The average molecular weight is 416 g/mol. The Morgan fingerprint density at radius 3 is 2.29 bits per heavy atom. The first kappa shape index (κ1) is 20.0. The number of phenols is 1. The first-order valence-electron chi connectivity index (χ1n) is 9.66. The van der Waals surface area contributed by atoms with Gasteiger partial charge in [0.2, 0.25) is 0 Å². The van der Waals surface area contributed by atoms with Gasteiger partial charge < -0.3 is 20.2 Å². The highest BCUT2D eigenvalue weighted by Crippen LogP contribution is 2.22. The maximum Gasteiger partial charge on any atom is 0.270 e. The van der Waals surface area contributed by atoms with Gasteiger partial charge >= 0.3 is 0 Å². The van der Waals surface area contributed by atoms with Gasteiger partial charge in [0.25, 0.3) is 11.8 Å². The van der Waals surface area contributed by atoms with Gasteiger partial charge in [-0.25, -0.2) is 4.68 Å². The second-order valence-electron chi connectivity index (χ2n) is 6.70. The van der Waals surface area contributed by atoms with Crippen LogP contribution in [0.3, 0.4) is 0 Å². The molecule has 0 aliphatic rings. The SMILES string of the molecule is O=C(NCCNC(=O)c1cc(-c2ccco2)nn1-c1ccccc1)c1ccc(O)cc1. The first-order chi connectivity index (χ1) is 15.1. The molecule has 0 atom stereocenters. The number of amides is 2. The van der Waals surface area contributed by atoms with Crippen LogP contribution in [0.2, 0.25) is 0 Å². The molecule has 2 amide bonds. The van der Waals surface area contributed by atoms with Crippen molar-refractivity contribution in [2.45, 2.75) is 0 Å². The summed E-state index contributed by atoms with van der Waals surface area (Å²) in [6.45, 7) is 0.481. The number of para-hydroxylation sites is 1. The maximum atomic E-state index is 12.8. The minimum absolute atomic E-state index is 0.0905. The number of hydrogen-bond acceptors (Lipinski definition) is 5. The standard InChI is InChI=1S/C23H20N4O4/c28-18-10-8-16(9-11-18)22(29)24-12-13-25-23(30)20-15-19(21-7-4-14-31-21)26-27(20)17-5-2-1-3-6-17/h1-11,14-15,28H,12-13H2,(H,24,29)(H,25,30). The van der Waals surface area contributed by atoms with Crippen LogP contribution in [-0.2, 0) is 0 Å². The third-order valence-corrected chi connectivity index (χ3v) is 4.54. The molecule has 0 spiro atoms. The fourth-order valence-electron chi connectivity index (χ4n) is 3.01. The molecule has 2 aromatic carbocycles. The minimum atomic E-state index is -0.326. The number of hydrogen-bond donors (Lipinski definition) is 3. The average Bonchev–Trinajstić information content (AvgIpc) is 3.47. The van der Waals surface area contributed by atoms with Gasteiger partial charge in [0.15, 0.2) is 5.76 Å². The molecule has 0 saturated heterocycles. The highest BCUT2D eigenvalue weighted by Gasteiger charge is 2.18. The van der Waals surface area contributed by atoms with Crippen molar-refractivity contribution in [2.24, 2.45) is 0 Å². The summed E-state index contributed by atoms with van der Waals surface area (Å²) in [5.74, 6) is 0.0365. The van der Waals surface area contributed by atoms with E-state index in [4.69, 9.17) is 4.42 Å². The van der Waals surface area contributed by atoms with E-state index in [2.05, 4.69) is 15.7 Å². The Morgan fingerprint density at radius 1 is 0.903 bits per heavy atom. The zero-order chi connectivity index (χ0) is 21.6. The lowest BCUT2D eigenvalue weighted by molar-refractivity contribution is 0.0923. The molecule has 0 unspecified atom stereocenters. The van der Waals surface area contributed by atoms with Crippen molar-refractivity contribution in [2.75, 3.05) is 13.1 Å². The number of phenolic OH excluding ortho intramolecular Hbond substituents is 1. The van der Waals surface area contributed by atoms with Crippen LogP contribution in [0.4, 0.5) is 0 Å².